The molecule has 0 spiro atoms. The van der Waals surface area contributed by atoms with Crippen LogP contribution in [0.15, 0.2) is 24.3 Å². The Morgan fingerprint density at radius 1 is 1.29 bits per heavy atom. The summed E-state index contributed by atoms with van der Waals surface area (Å²) >= 11 is 1.32. The maximum atomic E-state index is 14.7. The van der Waals surface area contributed by atoms with Crippen LogP contribution in [0.1, 0.15) is 36.2 Å². The minimum Gasteiger partial charge on any atom is -0.492 e. The molecule has 1 saturated heterocycles. The average molecular weight is 403 g/mol. The van der Waals surface area contributed by atoms with Gasteiger partial charge in [0.25, 0.3) is 0 Å². The van der Waals surface area contributed by atoms with Crippen LogP contribution in [-0.4, -0.2) is 61.6 Å². The molecular formula is C19H22FN5O2S. The molecule has 1 N–H and O–H groups in total. The van der Waals surface area contributed by atoms with E-state index in [0.717, 1.165) is 0 Å². The predicted molar refractivity (Wildman–Crippen MR) is 104 cm³/mol. The molecule has 1 aliphatic heterocycles. The van der Waals surface area contributed by atoms with Gasteiger partial charge >= 0.3 is 0 Å². The normalized spacial score (nSPS) is 16.6. The number of aromatic hydroxyl groups is 1. The summed E-state index contributed by atoms with van der Waals surface area (Å²) in [6, 6.07) is 6.15. The maximum Gasteiger partial charge on any atom is 0.230 e. The van der Waals surface area contributed by atoms with E-state index < -0.39 is 6.04 Å². The Balaban J connectivity index is 1.76. The highest BCUT2D eigenvalue weighted by atomic mass is 32.1. The number of piperazine rings is 1. The lowest BCUT2D eigenvalue weighted by molar-refractivity contribution is -0.130. The quantitative estimate of drug-likeness (QED) is 0.724. The standard InChI is InChI=1S/C19H22FN5O2S/c1-3-15-21-19-25(22-15)18(27)17(28-19)16(13-6-4-5-7-14(13)20)24-10-8-23(9-11-24)12(2)26/h4-7,16,27H,3,8-11H2,1-2H3/t16-/m0/s1. The fourth-order valence-electron chi connectivity index (χ4n) is 3.61. The highest BCUT2D eigenvalue weighted by Crippen LogP contribution is 2.41. The van der Waals surface area contributed by atoms with Gasteiger partial charge in [-0.25, -0.2) is 9.37 Å². The van der Waals surface area contributed by atoms with Crippen molar-refractivity contribution in [2.24, 2.45) is 0 Å². The van der Waals surface area contributed by atoms with Crippen LogP contribution in [0.2, 0.25) is 0 Å². The van der Waals surface area contributed by atoms with Crippen molar-refractivity contribution in [3.05, 3.63) is 46.3 Å². The fraction of sp³-hybridized carbons (Fsp3) is 0.421. The lowest BCUT2D eigenvalue weighted by Crippen LogP contribution is -2.49. The van der Waals surface area contributed by atoms with Crippen LogP contribution in [0.3, 0.4) is 0 Å². The van der Waals surface area contributed by atoms with E-state index in [1.54, 1.807) is 30.0 Å². The molecule has 28 heavy (non-hydrogen) atoms. The number of hydrogen-bond acceptors (Lipinski definition) is 6. The lowest BCUT2D eigenvalue weighted by atomic mass is 10.0. The summed E-state index contributed by atoms with van der Waals surface area (Å²) in [5.41, 5.74) is 0.495. The molecule has 2 aromatic heterocycles. The van der Waals surface area contributed by atoms with Crippen LogP contribution in [-0.2, 0) is 11.2 Å². The second-order valence-electron chi connectivity index (χ2n) is 6.83. The van der Waals surface area contributed by atoms with E-state index in [-0.39, 0.29) is 17.6 Å². The van der Waals surface area contributed by atoms with Crippen LogP contribution in [0.4, 0.5) is 4.39 Å². The van der Waals surface area contributed by atoms with Crippen LogP contribution in [0.5, 0.6) is 5.88 Å². The molecular weight excluding hydrogens is 381 g/mol. The minimum absolute atomic E-state index is 0.00514. The van der Waals surface area contributed by atoms with Gasteiger partial charge in [0.05, 0.1) is 10.9 Å². The van der Waals surface area contributed by atoms with Gasteiger partial charge in [0.15, 0.2) is 5.82 Å². The molecule has 3 aromatic rings. The van der Waals surface area contributed by atoms with Crippen molar-refractivity contribution in [1.82, 2.24) is 24.4 Å². The Morgan fingerprint density at radius 3 is 2.61 bits per heavy atom. The van der Waals surface area contributed by atoms with Gasteiger partial charge in [0, 0.05) is 45.1 Å². The van der Waals surface area contributed by atoms with E-state index in [1.165, 1.54) is 21.9 Å². The van der Waals surface area contributed by atoms with Crippen molar-refractivity contribution >= 4 is 22.2 Å². The van der Waals surface area contributed by atoms with Gasteiger partial charge in [-0.3, -0.25) is 9.69 Å². The van der Waals surface area contributed by atoms with Crippen molar-refractivity contribution in [1.29, 1.82) is 0 Å². The first-order valence-electron chi connectivity index (χ1n) is 9.31. The van der Waals surface area contributed by atoms with Crippen molar-refractivity contribution in [2.75, 3.05) is 26.2 Å². The number of carbonyl (C=O) groups is 1. The predicted octanol–water partition coefficient (Wildman–Crippen LogP) is 2.45. The number of rotatable bonds is 4. The number of aryl methyl sites for hydroxylation is 1. The molecule has 0 aliphatic carbocycles. The Morgan fingerprint density at radius 2 is 2.00 bits per heavy atom. The van der Waals surface area contributed by atoms with Gasteiger partial charge in [0.1, 0.15) is 5.82 Å². The summed E-state index contributed by atoms with van der Waals surface area (Å²) in [5, 5.41) is 15.2. The molecule has 1 fully saturated rings. The molecule has 148 valence electrons. The second-order valence-corrected chi connectivity index (χ2v) is 7.84. The summed E-state index contributed by atoms with van der Waals surface area (Å²) in [6.45, 7) is 5.83. The Kier molecular flexibility index (Phi) is 5.03. The number of benzene rings is 1. The molecule has 0 saturated carbocycles. The van der Waals surface area contributed by atoms with E-state index in [4.69, 9.17) is 0 Å². The smallest absolute Gasteiger partial charge is 0.230 e. The number of halogens is 1. The summed E-state index contributed by atoms with van der Waals surface area (Å²) in [6.07, 6.45) is 0.674. The number of thiazole rings is 1. The third-order valence-corrected chi connectivity index (χ3v) is 6.21. The third kappa shape index (κ3) is 3.24. The number of amides is 1. The van der Waals surface area contributed by atoms with Crippen molar-refractivity contribution in [2.45, 2.75) is 26.3 Å². The molecule has 1 aromatic carbocycles. The number of aromatic nitrogens is 3. The molecule has 7 nitrogen and oxygen atoms in total. The molecule has 4 rings (SSSR count). The van der Waals surface area contributed by atoms with Crippen LogP contribution >= 0.6 is 11.3 Å². The number of carbonyl (C=O) groups excluding carboxylic acids is 1. The van der Waals surface area contributed by atoms with Crippen molar-refractivity contribution < 1.29 is 14.3 Å². The van der Waals surface area contributed by atoms with E-state index in [9.17, 15) is 14.3 Å². The molecule has 1 amide bonds. The zero-order valence-corrected chi connectivity index (χ0v) is 16.6. The largest absolute Gasteiger partial charge is 0.492 e. The van der Waals surface area contributed by atoms with Crippen LogP contribution in [0, 0.1) is 5.82 Å². The van der Waals surface area contributed by atoms with E-state index in [0.29, 0.717) is 53.8 Å². The SMILES string of the molecule is CCc1nc2sc([C@H](c3ccccc3F)N3CCN(C(C)=O)CC3)c(O)n2n1. The minimum atomic E-state index is -0.464. The van der Waals surface area contributed by atoms with Gasteiger partial charge in [-0.05, 0) is 6.07 Å². The van der Waals surface area contributed by atoms with Gasteiger partial charge in [-0.1, -0.05) is 36.5 Å². The number of hydrogen-bond donors (Lipinski definition) is 1. The first kappa shape index (κ1) is 18.8. The number of fused-ring (bicyclic) bond motifs is 1. The van der Waals surface area contributed by atoms with Crippen molar-refractivity contribution in [3.63, 3.8) is 0 Å². The van der Waals surface area contributed by atoms with Gasteiger partial charge in [0.2, 0.25) is 16.7 Å². The molecule has 0 radical (unpaired) electrons. The molecule has 0 unspecified atom stereocenters. The molecule has 3 heterocycles. The second kappa shape index (κ2) is 7.48. The average Bonchev–Trinajstić information content (AvgIpc) is 3.23. The fourth-order valence-corrected chi connectivity index (χ4v) is 4.74. The summed E-state index contributed by atoms with van der Waals surface area (Å²) in [7, 11) is 0. The highest BCUT2D eigenvalue weighted by Gasteiger charge is 2.33. The first-order chi connectivity index (χ1) is 13.5. The van der Waals surface area contributed by atoms with Crippen LogP contribution in [0.25, 0.3) is 4.96 Å². The Bertz CT molecular complexity index is 1010. The topological polar surface area (TPSA) is 74.0 Å². The number of nitrogens with zero attached hydrogens (tertiary/aromatic N) is 5. The van der Waals surface area contributed by atoms with E-state index in [1.807, 2.05) is 6.92 Å². The monoisotopic (exact) mass is 403 g/mol. The lowest BCUT2D eigenvalue weighted by Gasteiger charge is -2.38. The van der Waals surface area contributed by atoms with Gasteiger partial charge in [-0.2, -0.15) is 4.52 Å². The van der Waals surface area contributed by atoms with Crippen LogP contribution < -0.4 is 0 Å². The third-order valence-electron chi connectivity index (χ3n) is 5.13. The van der Waals surface area contributed by atoms with Gasteiger partial charge < -0.3 is 10.0 Å². The first-order valence-corrected chi connectivity index (χ1v) is 10.1. The van der Waals surface area contributed by atoms with E-state index >= 15 is 0 Å². The molecule has 9 heteroatoms. The van der Waals surface area contributed by atoms with Crippen molar-refractivity contribution in [3.8, 4) is 5.88 Å². The Hall–Kier alpha value is -2.52. The zero-order valence-electron chi connectivity index (χ0n) is 15.8. The molecule has 1 aliphatic rings. The summed E-state index contributed by atoms with van der Waals surface area (Å²) in [5.74, 6) is 0.366. The van der Waals surface area contributed by atoms with Gasteiger partial charge in [-0.15, -0.1) is 5.10 Å². The summed E-state index contributed by atoms with van der Waals surface area (Å²) in [4.78, 5) is 21.2. The molecule has 1 atom stereocenters. The zero-order chi connectivity index (χ0) is 19.8. The maximum absolute atomic E-state index is 14.7. The highest BCUT2D eigenvalue weighted by molar-refractivity contribution is 7.17. The van der Waals surface area contributed by atoms with E-state index in [2.05, 4.69) is 15.0 Å². The molecule has 0 bridgehead atoms. The summed E-state index contributed by atoms with van der Waals surface area (Å²) < 4.78 is 16.1. The Labute approximate surface area is 166 Å².